The zero-order valence-electron chi connectivity index (χ0n) is 24.6. The lowest BCUT2D eigenvalue weighted by atomic mass is 9.32. The van der Waals surface area contributed by atoms with Crippen LogP contribution in [0, 0.1) is 33.5 Å². The van der Waals surface area contributed by atoms with Crippen molar-refractivity contribution in [3.8, 4) is 0 Å². The van der Waals surface area contributed by atoms with Crippen molar-refractivity contribution in [2.45, 2.75) is 83.8 Å². The first-order valence-electron chi connectivity index (χ1n) is 15.6. The molecular formula is C35H45NO3S. The average molecular weight is 560 g/mol. The van der Waals surface area contributed by atoms with Crippen LogP contribution in [-0.4, -0.2) is 52.7 Å². The molecule has 2 N–H and O–H groups in total. The number of ketones is 1. The molecule has 2 spiro atoms. The van der Waals surface area contributed by atoms with Gasteiger partial charge in [0.15, 0.2) is 5.78 Å². The molecule has 1 unspecified atom stereocenters. The van der Waals surface area contributed by atoms with Crippen LogP contribution in [0.4, 0.5) is 0 Å². The zero-order chi connectivity index (χ0) is 28.1. The molecule has 214 valence electrons. The summed E-state index contributed by atoms with van der Waals surface area (Å²) in [6.07, 6.45) is 14.2. The van der Waals surface area contributed by atoms with E-state index in [1.165, 1.54) is 0 Å². The molecule has 0 amide bonds. The maximum absolute atomic E-state index is 14.8. The molecule has 3 fully saturated rings. The van der Waals surface area contributed by atoms with Gasteiger partial charge in [-0.1, -0.05) is 57.2 Å². The summed E-state index contributed by atoms with van der Waals surface area (Å²) in [5.74, 6) is 0.714. The Kier molecular flexibility index (Phi) is 5.99. The van der Waals surface area contributed by atoms with Crippen molar-refractivity contribution in [3.63, 3.8) is 0 Å². The Labute approximate surface area is 243 Å². The van der Waals surface area contributed by atoms with Gasteiger partial charge in [-0.25, -0.2) is 0 Å². The molecule has 6 aliphatic carbocycles. The van der Waals surface area contributed by atoms with E-state index in [9.17, 15) is 15.0 Å². The molecule has 1 aromatic heterocycles. The van der Waals surface area contributed by atoms with Gasteiger partial charge in [-0.3, -0.25) is 4.79 Å². The lowest BCUT2D eigenvalue weighted by Gasteiger charge is -2.71. The van der Waals surface area contributed by atoms with Gasteiger partial charge in [0.25, 0.3) is 0 Å². The minimum atomic E-state index is -0.767. The van der Waals surface area contributed by atoms with Crippen LogP contribution in [-0.2, 0) is 0 Å². The van der Waals surface area contributed by atoms with E-state index in [0.717, 1.165) is 72.0 Å². The SMILES string of the molecule is CCCN(C)C[C@]1(O)CC[C@H]2[C@]34C=C[C@@]5(C=C3C(=O)c3cc6ccccc6s3)CC(O)CC[C@]5(C)[C@H]4CC[C@@]21C. The molecule has 1 aromatic carbocycles. The van der Waals surface area contributed by atoms with Crippen molar-refractivity contribution in [2.24, 2.45) is 33.5 Å². The molecular weight excluding hydrogens is 514 g/mol. The highest BCUT2D eigenvalue weighted by atomic mass is 32.1. The van der Waals surface area contributed by atoms with Crippen LogP contribution in [0.1, 0.15) is 81.8 Å². The van der Waals surface area contributed by atoms with Crippen molar-refractivity contribution >= 4 is 27.2 Å². The molecule has 3 saturated carbocycles. The Morgan fingerprint density at radius 3 is 2.55 bits per heavy atom. The van der Waals surface area contributed by atoms with Crippen LogP contribution < -0.4 is 0 Å². The molecule has 0 radical (unpaired) electrons. The molecule has 8 rings (SSSR count). The first-order valence-corrected chi connectivity index (χ1v) is 16.4. The van der Waals surface area contributed by atoms with Crippen LogP contribution in [0.2, 0.25) is 0 Å². The number of nitrogens with zero attached hydrogens (tertiary/aromatic N) is 1. The predicted octanol–water partition coefficient (Wildman–Crippen LogP) is 7.02. The number of Topliss-reactive ketones (excluding diaryl/α,β-unsaturated/α-hetero) is 1. The summed E-state index contributed by atoms with van der Waals surface area (Å²) in [7, 11) is 2.14. The number of hydrogen-bond acceptors (Lipinski definition) is 5. The Bertz CT molecular complexity index is 1390. The molecule has 4 nitrogen and oxygen atoms in total. The van der Waals surface area contributed by atoms with E-state index >= 15 is 0 Å². The number of carbonyl (C=O) groups is 1. The van der Waals surface area contributed by atoms with E-state index in [1.807, 2.05) is 12.1 Å². The van der Waals surface area contributed by atoms with Gasteiger partial charge in [0.05, 0.1) is 16.6 Å². The number of benzene rings is 1. The van der Waals surface area contributed by atoms with Crippen LogP contribution in [0.15, 0.2) is 54.1 Å². The van der Waals surface area contributed by atoms with Gasteiger partial charge in [0, 0.05) is 33.1 Å². The van der Waals surface area contributed by atoms with E-state index in [4.69, 9.17) is 0 Å². The molecule has 2 bridgehead atoms. The summed E-state index contributed by atoms with van der Waals surface area (Å²) in [6.45, 7) is 8.67. The number of hydrogen-bond donors (Lipinski definition) is 2. The van der Waals surface area contributed by atoms with Crippen LogP contribution in [0.25, 0.3) is 10.1 Å². The third kappa shape index (κ3) is 3.32. The quantitative estimate of drug-likeness (QED) is 0.295. The summed E-state index contributed by atoms with van der Waals surface area (Å²) in [5.41, 5.74) is -0.740. The minimum absolute atomic E-state index is 0.00591. The molecule has 0 aliphatic heterocycles. The van der Waals surface area contributed by atoms with Crippen molar-refractivity contribution in [1.82, 2.24) is 4.90 Å². The molecule has 2 aromatic rings. The highest BCUT2D eigenvalue weighted by molar-refractivity contribution is 7.21. The fourth-order valence-corrected chi connectivity index (χ4v) is 11.7. The summed E-state index contributed by atoms with van der Waals surface area (Å²) in [4.78, 5) is 17.9. The van der Waals surface area contributed by atoms with Gasteiger partial charge >= 0.3 is 0 Å². The van der Waals surface area contributed by atoms with Crippen molar-refractivity contribution < 1.29 is 15.0 Å². The smallest absolute Gasteiger partial charge is 0.199 e. The third-order valence-corrected chi connectivity index (χ3v) is 13.9. The van der Waals surface area contributed by atoms with E-state index < -0.39 is 5.60 Å². The van der Waals surface area contributed by atoms with Gasteiger partial charge < -0.3 is 15.1 Å². The zero-order valence-corrected chi connectivity index (χ0v) is 25.4. The van der Waals surface area contributed by atoms with E-state index in [2.05, 4.69) is 69.1 Å². The lowest BCUT2D eigenvalue weighted by molar-refractivity contribution is -0.175. The average Bonchev–Trinajstić information content (AvgIpc) is 3.47. The number of rotatable bonds is 6. The number of fused-ring (bicyclic) bond motifs is 2. The molecule has 8 atom stereocenters. The fourth-order valence-electron chi connectivity index (χ4n) is 10.7. The van der Waals surface area contributed by atoms with E-state index in [1.54, 1.807) is 11.3 Å². The monoisotopic (exact) mass is 559 g/mol. The highest BCUT2D eigenvalue weighted by Crippen LogP contribution is 2.78. The van der Waals surface area contributed by atoms with E-state index in [-0.39, 0.29) is 39.5 Å². The number of likely N-dealkylation sites (N-methyl/N-ethyl adjacent to an activating group) is 1. The number of carbonyl (C=O) groups excluding carboxylic acids is 1. The topological polar surface area (TPSA) is 60.8 Å². The second-order valence-corrected chi connectivity index (χ2v) is 15.6. The first-order chi connectivity index (χ1) is 19.0. The number of thiophene rings is 1. The van der Waals surface area contributed by atoms with Gasteiger partial charge in [-0.05, 0) is 99.7 Å². The maximum atomic E-state index is 14.8. The van der Waals surface area contributed by atoms with Gasteiger partial charge in [-0.2, -0.15) is 0 Å². The van der Waals surface area contributed by atoms with Gasteiger partial charge in [0.2, 0.25) is 0 Å². The summed E-state index contributed by atoms with van der Waals surface area (Å²) in [6, 6.07) is 10.4. The standard InChI is InChI=1S/C35H45NO3S/c1-5-18-36(4)22-34(39)15-12-29-32(34,3)14-11-28-31(2)13-10-24(37)20-33(31)16-17-35(28,29)25(21-33)30(38)27-19-23-8-6-7-9-26(23)40-27/h6-9,16-17,19,21,24,28-29,37,39H,5,10-15,18,20,22H2,1-4H3/t24?,28-,29-,31-,32+,33+,34-,35-/m1/s1. The molecule has 5 heteroatoms. The van der Waals surface area contributed by atoms with Crippen molar-refractivity contribution in [1.29, 1.82) is 0 Å². The van der Waals surface area contributed by atoms with Gasteiger partial charge in [-0.15, -0.1) is 11.3 Å². The lowest BCUT2D eigenvalue weighted by Crippen LogP contribution is -2.67. The normalized spacial score (nSPS) is 43.5. The highest BCUT2D eigenvalue weighted by Gasteiger charge is 2.74. The van der Waals surface area contributed by atoms with Crippen LogP contribution >= 0.6 is 11.3 Å². The second-order valence-electron chi connectivity index (χ2n) is 14.5. The van der Waals surface area contributed by atoms with Gasteiger partial charge in [0.1, 0.15) is 0 Å². The number of aliphatic hydroxyl groups is 2. The maximum Gasteiger partial charge on any atom is 0.199 e. The fraction of sp³-hybridized carbons (Fsp3) is 0.629. The Hall–Kier alpha value is -1.79. The second kappa shape index (κ2) is 8.86. The Morgan fingerprint density at radius 1 is 1.05 bits per heavy atom. The van der Waals surface area contributed by atoms with Crippen molar-refractivity contribution in [3.05, 3.63) is 59.0 Å². The molecule has 1 heterocycles. The summed E-state index contributed by atoms with van der Waals surface area (Å²) < 4.78 is 1.15. The van der Waals surface area contributed by atoms with Crippen LogP contribution in [0.3, 0.4) is 0 Å². The summed E-state index contributed by atoms with van der Waals surface area (Å²) >= 11 is 1.61. The largest absolute Gasteiger partial charge is 0.393 e. The predicted molar refractivity (Wildman–Crippen MR) is 163 cm³/mol. The third-order valence-electron chi connectivity index (χ3n) is 12.7. The summed E-state index contributed by atoms with van der Waals surface area (Å²) in [5, 5.41) is 24.5. The van der Waals surface area contributed by atoms with Crippen molar-refractivity contribution in [2.75, 3.05) is 20.1 Å². The first kappa shape index (κ1) is 27.1. The van der Waals surface area contributed by atoms with E-state index in [0.29, 0.717) is 18.9 Å². The molecule has 40 heavy (non-hydrogen) atoms. The Balaban J connectivity index is 1.39. The Morgan fingerprint density at radius 2 is 1.77 bits per heavy atom. The molecule has 6 aliphatic rings. The minimum Gasteiger partial charge on any atom is -0.393 e. The number of allylic oxidation sites excluding steroid dienone is 4. The number of aliphatic hydroxyl groups excluding tert-OH is 1. The van der Waals surface area contributed by atoms with Crippen LogP contribution in [0.5, 0.6) is 0 Å². The molecule has 0 saturated heterocycles.